The Morgan fingerprint density at radius 1 is 1.33 bits per heavy atom. The van der Waals surface area contributed by atoms with Crippen molar-refractivity contribution in [2.24, 2.45) is 0 Å². The first-order chi connectivity index (χ1) is 14.3. The Morgan fingerprint density at radius 2 is 2.10 bits per heavy atom. The highest BCUT2D eigenvalue weighted by atomic mass is 35.5. The van der Waals surface area contributed by atoms with E-state index in [-0.39, 0.29) is 35.8 Å². The molecule has 0 unspecified atom stereocenters. The molecule has 0 aliphatic carbocycles. The van der Waals surface area contributed by atoms with Crippen molar-refractivity contribution in [1.82, 2.24) is 25.2 Å². The van der Waals surface area contributed by atoms with Gasteiger partial charge in [-0.1, -0.05) is 18.2 Å². The highest BCUT2D eigenvalue weighted by Gasteiger charge is 2.33. The van der Waals surface area contributed by atoms with E-state index in [4.69, 9.17) is 16.3 Å². The lowest BCUT2D eigenvalue weighted by atomic mass is 10.0. The molecule has 2 amide bonds. The van der Waals surface area contributed by atoms with Crippen LogP contribution in [-0.4, -0.2) is 69.1 Å². The maximum atomic E-state index is 12.2. The summed E-state index contributed by atoms with van der Waals surface area (Å²) in [6.45, 7) is 5.66. The summed E-state index contributed by atoms with van der Waals surface area (Å²) >= 11 is 6.24. The van der Waals surface area contributed by atoms with Gasteiger partial charge in [0.2, 0.25) is 5.91 Å². The molecule has 30 heavy (non-hydrogen) atoms. The molecule has 158 valence electrons. The summed E-state index contributed by atoms with van der Waals surface area (Å²) in [5.41, 5.74) is 1.69. The van der Waals surface area contributed by atoms with Crippen LogP contribution >= 0.6 is 11.6 Å². The summed E-state index contributed by atoms with van der Waals surface area (Å²) in [6, 6.07) is 4.88. The van der Waals surface area contributed by atoms with Gasteiger partial charge in [-0.05, 0) is 36.8 Å². The van der Waals surface area contributed by atoms with Crippen LogP contribution in [-0.2, 0) is 9.53 Å². The zero-order chi connectivity index (χ0) is 21.8. The summed E-state index contributed by atoms with van der Waals surface area (Å²) in [4.78, 5) is 38.0. The van der Waals surface area contributed by atoms with Gasteiger partial charge in [0.25, 0.3) is 5.91 Å². The SMILES string of the molecule is C=CC(=O)N1C[C@@H](c2cc(Cl)nc(-c3cc(C(=O)NC)ncn3)c2)O[C@H]([C@H](C)O)C1. The Morgan fingerprint density at radius 3 is 2.77 bits per heavy atom. The molecule has 0 aromatic carbocycles. The van der Waals surface area contributed by atoms with Crippen molar-refractivity contribution in [3.8, 4) is 11.4 Å². The Hall–Kier alpha value is -2.88. The van der Waals surface area contributed by atoms with Crippen molar-refractivity contribution in [3.05, 3.63) is 53.6 Å². The predicted octanol–water partition coefficient (Wildman–Crippen LogP) is 1.39. The minimum absolute atomic E-state index is 0.191. The van der Waals surface area contributed by atoms with Crippen LogP contribution in [0.15, 0.2) is 37.2 Å². The van der Waals surface area contributed by atoms with E-state index in [0.29, 0.717) is 17.0 Å². The molecule has 0 bridgehead atoms. The third kappa shape index (κ3) is 4.81. The van der Waals surface area contributed by atoms with Gasteiger partial charge in [-0.3, -0.25) is 9.59 Å². The van der Waals surface area contributed by atoms with Crippen LogP contribution in [0.3, 0.4) is 0 Å². The molecule has 3 heterocycles. The quantitative estimate of drug-likeness (QED) is 0.542. The molecule has 2 N–H and O–H groups in total. The van der Waals surface area contributed by atoms with E-state index in [1.54, 1.807) is 24.0 Å². The molecule has 3 atom stereocenters. The van der Waals surface area contributed by atoms with Gasteiger partial charge in [0, 0.05) is 13.6 Å². The van der Waals surface area contributed by atoms with E-state index in [9.17, 15) is 14.7 Å². The summed E-state index contributed by atoms with van der Waals surface area (Å²) in [6.07, 6.45) is 0.617. The highest BCUT2D eigenvalue weighted by Crippen LogP contribution is 2.30. The molecule has 0 saturated carbocycles. The number of morpholine rings is 1. The van der Waals surface area contributed by atoms with Gasteiger partial charge < -0.3 is 20.1 Å². The van der Waals surface area contributed by atoms with E-state index in [1.807, 2.05) is 0 Å². The number of carbonyl (C=O) groups excluding carboxylic acids is 2. The summed E-state index contributed by atoms with van der Waals surface area (Å²) < 4.78 is 6.02. The summed E-state index contributed by atoms with van der Waals surface area (Å²) in [5.74, 6) is -0.602. The Bertz CT molecular complexity index is 968. The van der Waals surface area contributed by atoms with E-state index in [2.05, 4.69) is 26.8 Å². The number of hydrogen-bond acceptors (Lipinski definition) is 7. The molecule has 1 aliphatic rings. The molecule has 10 heteroatoms. The number of nitrogens with zero attached hydrogens (tertiary/aromatic N) is 4. The van der Waals surface area contributed by atoms with Crippen LogP contribution in [0.1, 0.15) is 29.1 Å². The van der Waals surface area contributed by atoms with Crippen LogP contribution in [0.2, 0.25) is 5.15 Å². The molecule has 1 aliphatic heterocycles. The number of aliphatic hydroxyl groups is 1. The molecule has 2 aromatic rings. The normalized spacial score (nSPS) is 19.8. The number of hydrogen-bond donors (Lipinski definition) is 2. The first kappa shape index (κ1) is 21.8. The maximum Gasteiger partial charge on any atom is 0.269 e. The fourth-order valence-electron chi connectivity index (χ4n) is 3.13. The molecule has 3 rings (SSSR count). The topological polar surface area (TPSA) is 118 Å². The van der Waals surface area contributed by atoms with E-state index >= 15 is 0 Å². The molecular formula is C20H22ClN5O4. The second-order valence-electron chi connectivity index (χ2n) is 6.83. The van der Waals surface area contributed by atoms with Gasteiger partial charge in [0.1, 0.15) is 29.4 Å². The summed E-state index contributed by atoms with van der Waals surface area (Å²) in [5, 5.41) is 12.7. The monoisotopic (exact) mass is 431 g/mol. The Balaban J connectivity index is 1.97. The van der Waals surface area contributed by atoms with Crippen molar-refractivity contribution in [3.63, 3.8) is 0 Å². The van der Waals surface area contributed by atoms with Gasteiger partial charge in [-0.15, -0.1) is 0 Å². The number of carbonyl (C=O) groups is 2. The Labute approximate surface area is 178 Å². The summed E-state index contributed by atoms with van der Waals surface area (Å²) in [7, 11) is 1.51. The largest absolute Gasteiger partial charge is 0.391 e. The molecule has 9 nitrogen and oxygen atoms in total. The first-order valence-electron chi connectivity index (χ1n) is 9.29. The second-order valence-corrected chi connectivity index (χ2v) is 7.21. The van der Waals surface area contributed by atoms with Gasteiger partial charge in [-0.2, -0.15) is 0 Å². The number of nitrogens with one attached hydrogen (secondary N) is 1. The van der Waals surface area contributed by atoms with Crippen molar-refractivity contribution in [1.29, 1.82) is 0 Å². The van der Waals surface area contributed by atoms with Crippen LogP contribution in [0.4, 0.5) is 0 Å². The van der Waals surface area contributed by atoms with Crippen molar-refractivity contribution in [2.75, 3.05) is 20.1 Å². The maximum absolute atomic E-state index is 12.2. The number of ether oxygens (including phenoxy) is 1. The van der Waals surface area contributed by atoms with E-state index < -0.39 is 18.3 Å². The van der Waals surface area contributed by atoms with Crippen molar-refractivity contribution >= 4 is 23.4 Å². The standard InChI is InChI=1S/C20H22ClN5O4/c1-4-19(28)26-8-16(11(2)27)30-17(9-26)12-5-14(25-18(21)6-12)13-7-15(20(29)22-3)24-10-23-13/h4-7,10-11,16-17,27H,1,8-9H2,2-3H3,(H,22,29)/t11-,16-,17-/m0/s1. The predicted molar refractivity (Wildman–Crippen MR) is 110 cm³/mol. The molecule has 0 radical (unpaired) electrons. The third-order valence-electron chi connectivity index (χ3n) is 4.73. The number of rotatable bonds is 5. The Kier molecular flexibility index (Phi) is 6.76. The van der Waals surface area contributed by atoms with E-state index in [1.165, 1.54) is 25.5 Å². The van der Waals surface area contributed by atoms with Gasteiger partial charge in [-0.25, -0.2) is 15.0 Å². The number of aromatic nitrogens is 3. The molecule has 1 fully saturated rings. The lowest BCUT2D eigenvalue weighted by molar-refractivity contribution is -0.152. The minimum Gasteiger partial charge on any atom is -0.391 e. The molecule has 1 saturated heterocycles. The van der Waals surface area contributed by atoms with Crippen LogP contribution in [0.25, 0.3) is 11.4 Å². The molecular weight excluding hydrogens is 410 g/mol. The van der Waals surface area contributed by atoms with Gasteiger partial charge in [0.05, 0.1) is 24.0 Å². The van der Waals surface area contributed by atoms with Crippen molar-refractivity contribution < 1.29 is 19.4 Å². The van der Waals surface area contributed by atoms with Gasteiger partial charge in [0.15, 0.2) is 0 Å². The molecule has 0 spiro atoms. The number of halogens is 1. The third-order valence-corrected chi connectivity index (χ3v) is 4.92. The lowest BCUT2D eigenvalue weighted by Crippen LogP contribution is -2.50. The average molecular weight is 432 g/mol. The highest BCUT2D eigenvalue weighted by molar-refractivity contribution is 6.29. The van der Waals surface area contributed by atoms with E-state index in [0.717, 1.165) is 0 Å². The first-order valence-corrected chi connectivity index (χ1v) is 9.67. The van der Waals surface area contributed by atoms with Crippen LogP contribution in [0, 0.1) is 0 Å². The number of pyridine rings is 1. The van der Waals surface area contributed by atoms with Crippen LogP contribution < -0.4 is 5.32 Å². The molecule has 2 aromatic heterocycles. The smallest absolute Gasteiger partial charge is 0.269 e. The fourth-order valence-corrected chi connectivity index (χ4v) is 3.35. The minimum atomic E-state index is -0.776. The number of amides is 2. The average Bonchev–Trinajstić information content (AvgIpc) is 2.77. The van der Waals surface area contributed by atoms with Crippen molar-refractivity contribution in [2.45, 2.75) is 25.2 Å². The zero-order valence-corrected chi connectivity index (χ0v) is 17.3. The fraction of sp³-hybridized carbons (Fsp3) is 0.350. The number of aliphatic hydroxyl groups excluding tert-OH is 1. The van der Waals surface area contributed by atoms with Gasteiger partial charge >= 0.3 is 0 Å². The lowest BCUT2D eigenvalue weighted by Gasteiger charge is -2.39. The van der Waals surface area contributed by atoms with Crippen LogP contribution in [0.5, 0.6) is 0 Å². The second kappa shape index (κ2) is 9.29. The zero-order valence-electron chi connectivity index (χ0n) is 16.6.